The van der Waals surface area contributed by atoms with Gasteiger partial charge < -0.3 is 10.6 Å². The van der Waals surface area contributed by atoms with E-state index in [1.807, 2.05) is 0 Å². The average molecular weight is 279 g/mol. The number of carbonyl (C=O) groups excluding carboxylic acids is 3. The minimum Gasteiger partial charge on any atom is -0.352 e. The first kappa shape index (κ1) is 13.5. The Balaban J connectivity index is 1.54. The molecule has 2 unspecified atom stereocenters. The Hall–Kier alpha value is -1.43. The molecular weight excluding hydrogens is 258 g/mol. The summed E-state index contributed by atoms with van der Waals surface area (Å²) < 4.78 is 0. The normalized spacial score (nSPS) is 31.4. The summed E-state index contributed by atoms with van der Waals surface area (Å²) in [6, 6.07) is -0.195. The van der Waals surface area contributed by atoms with Gasteiger partial charge >= 0.3 is 0 Å². The second kappa shape index (κ2) is 5.52. The van der Waals surface area contributed by atoms with E-state index in [2.05, 4.69) is 10.6 Å². The molecule has 1 saturated carbocycles. The molecule has 3 rings (SSSR count). The number of carbonyl (C=O) groups is 3. The van der Waals surface area contributed by atoms with Crippen LogP contribution >= 0.6 is 0 Å². The fraction of sp³-hybridized carbons (Fsp3) is 0.786. The van der Waals surface area contributed by atoms with E-state index in [9.17, 15) is 14.4 Å². The van der Waals surface area contributed by atoms with Crippen molar-refractivity contribution in [3.8, 4) is 0 Å². The van der Waals surface area contributed by atoms with Crippen LogP contribution in [0.1, 0.15) is 44.9 Å². The lowest BCUT2D eigenvalue weighted by Gasteiger charge is -2.22. The number of likely N-dealkylation sites (tertiary alicyclic amines) is 1. The summed E-state index contributed by atoms with van der Waals surface area (Å²) in [5, 5.41) is 6.01. The van der Waals surface area contributed by atoms with E-state index in [0.717, 1.165) is 32.1 Å². The number of amides is 3. The first-order valence-corrected chi connectivity index (χ1v) is 7.54. The van der Waals surface area contributed by atoms with E-state index in [4.69, 9.17) is 0 Å². The van der Waals surface area contributed by atoms with E-state index in [-0.39, 0.29) is 36.2 Å². The molecule has 3 aliphatic rings. The summed E-state index contributed by atoms with van der Waals surface area (Å²) in [6.07, 6.45) is 5.72. The van der Waals surface area contributed by atoms with Crippen LogP contribution in [0.2, 0.25) is 0 Å². The first-order chi connectivity index (χ1) is 9.65. The van der Waals surface area contributed by atoms with Gasteiger partial charge in [0.25, 0.3) is 0 Å². The lowest BCUT2D eigenvalue weighted by molar-refractivity contribution is -0.141. The van der Waals surface area contributed by atoms with Crippen LogP contribution in [0.5, 0.6) is 0 Å². The number of nitrogens with one attached hydrogen (secondary N) is 2. The highest BCUT2D eigenvalue weighted by Crippen LogP contribution is 2.28. The van der Waals surface area contributed by atoms with Crippen molar-refractivity contribution in [1.82, 2.24) is 15.5 Å². The summed E-state index contributed by atoms with van der Waals surface area (Å²) in [7, 11) is 0. The second-order valence-corrected chi connectivity index (χ2v) is 6.01. The number of hydrogen-bond donors (Lipinski definition) is 2. The molecule has 0 aromatic carbocycles. The monoisotopic (exact) mass is 279 g/mol. The quantitative estimate of drug-likeness (QED) is 0.706. The molecule has 2 heterocycles. The predicted octanol–water partition coefficient (Wildman–Crippen LogP) is -0.0753. The molecule has 6 heteroatoms. The average Bonchev–Trinajstić information content (AvgIpc) is 3.10. The Bertz CT molecular complexity index is 431. The van der Waals surface area contributed by atoms with Gasteiger partial charge in [-0.1, -0.05) is 12.8 Å². The van der Waals surface area contributed by atoms with Gasteiger partial charge in [-0.3, -0.25) is 19.3 Å². The van der Waals surface area contributed by atoms with E-state index in [1.165, 1.54) is 4.90 Å². The zero-order chi connectivity index (χ0) is 14.1. The first-order valence-electron chi connectivity index (χ1n) is 7.54. The highest BCUT2D eigenvalue weighted by molar-refractivity contribution is 6.05. The van der Waals surface area contributed by atoms with E-state index >= 15 is 0 Å². The van der Waals surface area contributed by atoms with Crippen LogP contribution in [-0.4, -0.2) is 47.3 Å². The van der Waals surface area contributed by atoms with Gasteiger partial charge in [-0.25, -0.2) is 0 Å². The van der Waals surface area contributed by atoms with Crippen LogP contribution in [0.4, 0.5) is 0 Å². The number of nitrogens with zero attached hydrogens (tertiary/aromatic N) is 1. The van der Waals surface area contributed by atoms with Crippen LogP contribution in [0.15, 0.2) is 0 Å². The van der Waals surface area contributed by atoms with Crippen LogP contribution in [0.25, 0.3) is 0 Å². The summed E-state index contributed by atoms with van der Waals surface area (Å²) in [6.45, 7) is 0.563. The van der Waals surface area contributed by atoms with E-state index < -0.39 is 6.04 Å². The molecule has 0 radical (unpaired) electrons. The Morgan fingerprint density at radius 1 is 1.15 bits per heavy atom. The molecule has 2 N–H and O–H groups in total. The molecule has 2 saturated heterocycles. The third-order valence-electron chi connectivity index (χ3n) is 4.57. The van der Waals surface area contributed by atoms with Gasteiger partial charge in [0.05, 0.1) is 12.5 Å². The number of imide groups is 1. The highest BCUT2D eigenvalue weighted by Gasteiger charge is 2.42. The molecule has 0 spiro atoms. The molecule has 2 atom stereocenters. The van der Waals surface area contributed by atoms with Crippen LogP contribution in [0.3, 0.4) is 0 Å². The Labute approximate surface area is 118 Å². The van der Waals surface area contributed by atoms with Crippen molar-refractivity contribution < 1.29 is 14.4 Å². The van der Waals surface area contributed by atoms with Crippen molar-refractivity contribution >= 4 is 17.7 Å². The van der Waals surface area contributed by atoms with Crippen molar-refractivity contribution in [2.45, 2.75) is 63.1 Å². The Kier molecular flexibility index (Phi) is 3.74. The molecular formula is C14H21N3O3. The molecule has 20 heavy (non-hydrogen) atoms. The van der Waals surface area contributed by atoms with Gasteiger partial charge in [0.15, 0.2) is 0 Å². The molecule has 110 valence electrons. The molecule has 0 bridgehead atoms. The molecule has 6 nitrogen and oxygen atoms in total. The largest absolute Gasteiger partial charge is 0.352 e. The van der Waals surface area contributed by atoms with Gasteiger partial charge in [0, 0.05) is 25.0 Å². The van der Waals surface area contributed by atoms with Crippen molar-refractivity contribution in [2.75, 3.05) is 6.54 Å². The summed E-state index contributed by atoms with van der Waals surface area (Å²) in [4.78, 5) is 37.0. The maximum atomic E-state index is 12.3. The van der Waals surface area contributed by atoms with Crippen molar-refractivity contribution in [3.63, 3.8) is 0 Å². The SMILES string of the molecule is O=C1CCC(CNC2CC(=O)N(C3CCCC3)C2=O)N1. The van der Waals surface area contributed by atoms with Gasteiger partial charge in [-0.15, -0.1) is 0 Å². The molecule has 3 fully saturated rings. The van der Waals surface area contributed by atoms with Gasteiger partial charge in [0.2, 0.25) is 17.7 Å². The van der Waals surface area contributed by atoms with Crippen molar-refractivity contribution in [1.29, 1.82) is 0 Å². The zero-order valence-electron chi connectivity index (χ0n) is 11.6. The summed E-state index contributed by atoms with van der Waals surface area (Å²) in [5.41, 5.74) is 0. The zero-order valence-corrected chi connectivity index (χ0v) is 11.6. The molecule has 3 amide bonds. The van der Waals surface area contributed by atoms with Crippen molar-refractivity contribution in [3.05, 3.63) is 0 Å². The van der Waals surface area contributed by atoms with Crippen molar-refractivity contribution in [2.24, 2.45) is 0 Å². The summed E-state index contributed by atoms with van der Waals surface area (Å²) >= 11 is 0. The maximum Gasteiger partial charge on any atom is 0.247 e. The van der Waals surface area contributed by atoms with Gasteiger partial charge in [0.1, 0.15) is 0 Å². The van der Waals surface area contributed by atoms with Gasteiger partial charge in [-0.2, -0.15) is 0 Å². The Morgan fingerprint density at radius 3 is 2.55 bits per heavy atom. The summed E-state index contributed by atoms with van der Waals surface area (Å²) in [5.74, 6) is -0.0562. The second-order valence-electron chi connectivity index (χ2n) is 6.01. The fourth-order valence-electron chi connectivity index (χ4n) is 3.47. The lowest BCUT2D eigenvalue weighted by Crippen LogP contribution is -2.46. The highest BCUT2D eigenvalue weighted by atomic mass is 16.2. The molecule has 0 aromatic rings. The number of hydrogen-bond acceptors (Lipinski definition) is 4. The molecule has 0 aromatic heterocycles. The lowest BCUT2D eigenvalue weighted by atomic mass is 10.2. The fourth-order valence-corrected chi connectivity index (χ4v) is 3.47. The minimum atomic E-state index is -0.402. The van der Waals surface area contributed by atoms with Crippen LogP contribution in [0, 0.1) is 0 Å². The third kappa shape index (κ3) is 2.57. The third-order valence-corrected chi connectivity index (χ3v) is 4.57. The number of rotatable bonds is 4. The maximum absolute atomic E-state index is 12.3. The smallest absolute Gasteiger partial charge is 0.247 e. The predicted molar refractivity (Wildman–Crippen MR) is 71.7 cm³/mol. The van der Waals surface area contributed by atoms with Crippen LogP contribution < -0.4 is 10.6 Å². The minimum absolute atomic E-state index is 0.0464. The van der Waals surface area contributed by atoms with Gasteiger partial charge in [-0.05, 0) is 19.3 Å². The molecule has 1 aliphatic carbocycles. The topological polar surface area (TPSA) is 78.5 Å². The van der Waals surface area contributed by atoms with E-state index in [1.54, 1.807) is 0 Å². The molecule has 2 aliphatic heterocycles. The van der Waals surface area contributed by atoms with Crippen LogP contribution in [-0.2, 0) is 14.4 Å². The Morgan fingerprint density at radius 2 is 1.90 bits per heavy atom. The van der Waals surface area contributed by atoms with E-state index in [0.29, 0.717) is 13.0 Å². The standard InChI is InChI=1S/C14H21N3O3/c18-12-6-5-9(16-12)8-15-11-7-13(19)17(14(11)20)10-3-1-2-4-10/h9-11,15H,1-8H2,(H,16,18).